The Morgan fingerprint density at radius 2 is 2.29 bits per heavy atom. The second-order valence-corrected chi connectivity index (χ2v) is 6.54. The van der Waals surface area contributed by atoms with E-state index >= 15 is 0 Å². The first kappa shape index (κ1) is 14.6. The molecule has 1 aliphatic rings. The van der Waals surface area contributed by atoms with Crippen LogP contribution in [0.3, 0.4) is 0 Å². The lowest BCUT2D eigenvalue weighted by molar-refractivity contribution is -0.135. The van der Waals surface area contributed by atoms with Gasteiger partial charge in [-0.05, 0) is 32.7 Å². The smallest absolute Gasteiger partial charge is 0.239 e. The zero-order chi connectivity index (χ0) is 12.8. The lowest BCUT2D eigenvalue weighted by atomic mass is 10.0. The van der Waals surface area contributed by atoms with Gasteiger partial charge in [0.1, 0.15) is 0 Å². The molecule has 1 N–H and O–H groups in total. The van der Waals surface area contributed by atoms with Crippen molar-refractivity contribution in [1.29, 1.82) is 0 Å². The second kappa shape index (κ2) is 7.11. The minimum absolute atomic E-state index is 0.0267. The predicted molar refractivity (Wildman–Crippen MR) is 71.4 cm³/mol. The SMILES string of the molecule is CCCNC1CCCN(CC(C)S(C)=O)C1=O. The summed E-state index contributed by atoms with van der Waals surface area (Å²) >= 11 is 0. The Balaban J connectivity index is 2.50. The Morgan fingerprint density at radius 3 is 2.88 bits per heavy atom. The first-order chi connectivity index (χ1) is 8.06. The highest BCUT2D eigenvalue weighted by molar-refractivity contribution is 7.84. The molecule has 1 fully saturated rings. The van der Waals surface area contributed by atoms with Gasteiger partial charge in [0.15, 0.2) is 0 Å². The number of nitrogens with one attached hydrogen (secondary N) is 1. The third-order valence-electron chi connectivity index (χ3n) is 3.22. The summed E-state index contributed by atoms with van der Waals surface area (Å²) in [5.74, 6) is 0.182. The van der Waals surface area contributed by atoms with Gasteiger partial charge in [-0.1, -0.05) is 6.92 Å². The van der Waals surface area contributed by atoms with Crippen molar-refractivity contribution >= 4 is 16.7 Å². The van der Waals surface area contributed by atoms with Gasteiger partial charge in [-0.2, -0.15) is 0 Å². The number of hydrogen-bond acceptors (Lipinski definition) is 3. The fourth-order valence-electron chi connectivity index (χ4n) is 2.04. The van der Waals surface area contributed by atoms with E-state index < -0.39 is 10.8 Å². The zero-order valence-electron chi connectivity index (χ0n) is 11.1. The van der Waals surface area contributed by atoms with Gasteiger partial charge in [-0.25, -0.2) is 0 Å². The van der Waals surface area contributed by atoms with Crippen LogP contribution in [0, 0.1) is 0 Å². The van der Waals surface area contributed by atoms with E-state index in [0.717, 1.165) is 32.4 Å². The van der Waals surface area contributed by atoms with Gasteiger partial charge >= 0.3 is 0 Å². The summed E-state index contributed by atoms with van der Waals surface area (Å²) in [4.78, 5) is 14.0. The van der Waals surface area contributed by atoms with E-state index in [1.807, 2.05) is 11.8 Å². The Kier molecular flexibility index (Phi) is 6.12. The van der Waals surface area contributed by atoms with E-state index in [2.05, 4.69) is 12.2 Å². The van der Waals surface area contributed by atoms with Gasteiger partial charge in [0.2, 0.25) is 5.91 Å². The fraction of sp³-hybridized carbons (Fsp3) is 0.917. The van der Waals surface area contributed by atoms with Crippen LogP contribution in [0.4, 0.5) is 0 Å². The second-order valence-electron chi connectivity index (χ2n) is 4.74. The topological polar surface area (TPSA) is 49.4 Å². The molecule has 1 amide bonds. The van der Waals surface area contributed by atoms with Crippen molar-refractivity contribution in [3.8, 4) is 0 Å². The zero-order valence-corrected chi connectivity index (χ0v) is 11.9. The van der Waals surface area contributed by atoms with Crippen molar-refractivity contribution in [2.75, 3.05) is 25.9 Å². The molecule has 0 spiro atoms. The molecule has 4 nitrogen and oxygen atoms in total. The quantitative estimate of drug-likeness (QED) is 0.766. The first-order valence-corrected chi connectivity index (χ1v) is 8.02. The molecule has 0 aromatic carbocycles. The maximum atomic E-state index is 12.2. The lowest BCUT2D eigenvalue weighted by Gasteiger charge is -2.34. The number of carbonyl (C=O) groups excluding carboxylic acids is 1. The molecule has 0 bridgehead atoms. The van der Waals surface area contributed by atoms with Gasteiger partial charge in [0.25, 0.3) is 0 Å². The molecule has 0 aromatic rings. The molecule has 0 saturated carbocycles. The fourth-order valence-corrected chi connectivity index (χ4v) is 2.43. The molecular weight excluding hydrogens is 236 g/mol. The van der Waals surface area contributed by atoms with Crippen LogP contribution in [0.2, 0.25) is 0 Å². The molecule has 1 rings (SSSR count). The molecule has 100 valence electrons. The predicted octanol–water partition coefficient (Wildman–Crippen LogP) is 0.744. The normalized spacial score (nSPS) is 24.8. The molecule has 1 aliphatic heterocycles. The van der Waals surface area contributed by atoms with Gasteiger partial charge in [0.05, 0.1) is 6.04 Å². The summed E-state index contributed by atoms with van der Waals surface area (Å²) in [6.45, 7) is 6.35. The molecule has 0 aromatic heterocycles. The molecular formula is C12H24N2O2S. The number of piperidine rings is 1. The van der Waals surface area contributed by atoms with Crippen LogP contribution in [0.15, 0.2) is 0 Å². The third kappa shape index (κ3) is 4.39. The van der Waals surface area contributed by atoms with Crippen LogP contribution in [-0.2, 0) is 15.6 Å². The average molecular weight is 260 g/mol. The highest BCUT2D eigenvalue weighted by atomic mass is 32.2. The largest absolute Gasteiger partial charge is 0.340 e. The molecule has 1 heterocycles. The van der Waals surface area contributed by atoms with E-state index in [1.54, 1.807) is 6.26 Å². The summed E-state index contributed by atoms with van der Waals surface area (Å²) in [7, 11) is -0.858. The molecule has 1 saturated heterocycles. The Morgan fingerprint density at radius 1 is 1.59 bits per heavy atom. The van der Waals surface area contributed by atoms with Crippen LogP contribution >= 0.6 is 0 Å². The maximum Gasteiger partial charge on any atom is 0.239 e. The van der Waals surface area contributed by atoms with Crippen molar-refractivity contribution in [1.82, 2.24) is 10.2 Å². The summed E-state index contributed by atoms with van der Waals surface area (Å²) < 4.78 is 11.3. The van der Waals surface area contributed by atoms with E-state index in [4.69, 9.17) is 0 Å². The first-order valence-electron chi connectivity index (χ1n) is 6.40. The van der Waals surface area contributed by atoms with Gasteiger partial charge in [0, 0.05) is 35.4 Å². The third-order valence-corrected chi connectivity index (χ3v) is 4.50. The van der Waals surface area contributed by atoms with E-state index in [9.17, 15) is 9.00 Å². The number of likely N-dealkylation sites (tertiary alicyclic amines) is 1. The Labute approximate surface area is 107 Å². The molecule has 5 heteroatoms. The average Bonchev–Trinajstić information content (AvgIpc) is 2.30. The minimum Gasteiger partial charge on any atom is -0.340 e. The molecule has 3 unspecified atom stereocenters. The Hall–Kier alpha value is -0.420. The molecule has 0 radical (unpaired) electrons. The monoisotopic (exact) mass is 260 g/mol. The lowest BCUT2D eigenvalue weighted by Crippen LogP contribution is -2.52. The Bertz CT molecular complexity index is 284. The van der Waals surface area contributed by atoms with Crippen molar-refractivity contribution < 1.29 is 9.00 Å². The van der Waals surface area contributed by atoms with Crippen LogP contribution in [0.25, 0.3) is 0 Å². The number of rotatable bonds is 6. The van der Waals surface area contributed by atoms with Gasteiger partial charge in [-0.3, -0.25) is 9.00 Å². The summed E-state index contributed by atoms with van der Waals surface area (Å²) in [5, 5.41) is 3.35. The minimum atomic E-state index is -0.858. The highest BCUT2D eigenvalue weighted by Gasteiger charge is 2.29. The molecule has 0 aliphatic carbocycles. The number of nitrogens with zero attached hydrogens (tertiary/aromatic N) is 1. The number of carbonyl (C=O) groups is 1. The van der Waals surface area contributed by atoms with Gasteiger partial charge < -0.3 is 10.2 Å². The summed E-state index contributed by atoms with van der Waals surface area (Å²) in [6.07, 6.45) is 4.71. The standard InChI is InChI=1S/C12H24N2O2S/c1-4-7-13-11-6-5-8-14(12(11)15)9-10(2)17(3)16/h10-11,13H,4-9H2,1-3H3. The van der Waals surface area contributed by atoms with E-state index in [1.165, 1.54) is 0 Å². The molecule has 3 atom stereocenters. The van der Waals surface area contributed by atoms with E-state index in [-0.39, 0.29) is 17.2 Å². The number of amides is 1. The van der Waals surface area contributed by atoms with Gasteiger partial charge in [-0.15, -0.1) is 0 Å². The van der Waals surface area contributed by atoms with Crippen molar-refractivity contribution in [2.45, 2.75) is 44.4 Å². The van der Waals surface area contributed by atoms with Crippen LogP contribution in [0.5, 0.6) is 0 Å². The molecule has 17 heavy (non-hydrogen) atoms. The highest BCUT2D eigenvalue weighted by Crippen LogP contribution is 2.13. The number of hydrogen-bond donors (Lipinski definition) is 1. The van der Waals surface area contributed by atoms with Crippen molar-refractivity contribution in [3.05, 3.63) is 0 Å². The maximum absolute atomic E-state index is 12.2. The van der Waals surface area contributed by atoms with Crippen LogP contribution in [0.1, 0.15) is 33.1 Å². The van der Waals surface area contributed by atoms with Crippen molar-refractivity contribution in [2.24, 2.45) is 0 Å². The summed E-state index contributed by atoms with van der Waals surface area (Å²) in [6, 6.07) is -0.0267. The summed E-state index contributed by atoms with van der Waals surface area (Å²) in [5.41, 5.74) is 0. The van der Waals surface area contributed by atoms with E-state index in [0.29, 0.717) is 6.54 Å². The van der Waals surface area contributed by atoms with Crippen molar-refractivity contribution in [3.63, 3.8) is 0 Å². The van der Waals surface area contributed by atoms with Crippen LogP contribution < -0.4 is 5.32 Å². The van der Waals surface area contributed by atoms with Crippen LogP contribution in [-0.4, -0.2) is 52.2 Å².